The van der Waals surface area contributed by atoms with E-state index in [1.165, 1.54) is 44.9 Å². The molecule has 2 aliphatic rings. The van der Waals surface area contributed by atoms with Crippen LogP contribution in [0.5, 0.6) is 0 Å². The second-order valence-corrected chi connectivity index (χ2v) is 6.58. The Bertz CT molecular complexity index is 386. The molecule has 0 aromatic carbocycles. The summed E-state index contributed by atoms with van der Waals surface area (Å²) in [6, 6.07) is 2.04. The molecule has 3 rings (SSSR count). The summed E-state index contributed by atoms with van der Waals surface area (Å²) in [6.07, 6.45) is 13.8. The number of hydrogen-bond acceptors (Lipinski definition) is 2. The molecular weight excluding hydrogens is 248 g/mol. The fraction of sp³-hybridized carbons (Fsp3) is 0.824. The van der Waals surface area contributed by atoms with Crippen molar-refractivity contribution in [2.24, 2.45) is 17.3 Å². The average molecular weight is 278 g/mol. The van der Waals surface area contributed by atoms with Crippen LogP contribution in [-0.4, -0.2) is 23.5 Å². The normalized spacial score (nSPS) is 32.6. The molecule has 0 aliphatic heterocycles. The molecule has 2 fully saturated rings. The highest BCUT2D eigenvalue weighted by atomic mass is 16.5. The largest absolute Gasteiger partial charge is 0.385 e. The third-order valence-corrected chi connectivity index (χ3v) is 5.54. The lowest BCUT2D eigenvalue weighted by molar-refractivity contribution is -0.0150. The van der Waals surface area contributed by atoms with Crippen LogP contribution in [0.15, 0.2) is 18.5 Å². The van der Waals surface area contributed by atoms with Gasteiger partial charge in [-0.1, -0.05) is 20.3 Å². The van der Waals surface area contributed by atoms with E-state index >= 15 is 0 Å². The maximum Gasteiger partial charge on any atom is 0.0489 e. The van der Waals surface area contributed by atoms with E-state index in [4.69, 9.17) is 4.74 Å². The molecule has 0 amide bonds. The summed E-state index contributed by atoms with van der Waals surface area (Å²) in [5, 5.41) is 4.45. The van der Waals surface area contributed by atoms with Crippen molar-refractivity contribution in [3.8, 4) is 0 Å². The van der Waals surface area contributed by atoms with Crippen molar-refractivity contribution >= 4 is 0 Å². The molecule has 1 aromatic heterocycles. The van der Waals surface area contributed by atoms with Gasteiger partial charge in [0, 0.05) is 32.7 Å². The summed E-state index contributed by atoms with van der Waals surface area (Å²) in [5.74, 6) is 1.89. The average Bonchev–Trinajstić information content (AvgIpc) is 2.94. The Kier molecular flexibility index (Phi) is 5.25. The molecule has 1 aromatic rings. The van der Waals surface area contributed by atoms with Crippen LogP contribution in [0.3, 0.4) is 0 Å². The van der Waals surface area contributed by atoms with Gasteiger partial charge in [0.15, 0.2) is 0 Å². The fourth-order valence-electron chi connectivity index (χ4n) is 4.44. The van der Waals surface area contributed by atoms with Crippen LogP contribution >= 0.6 is 0 Å². The summed E-state index contributed by atoms with van der Waals surface area (Å²) in [6.45, 7) is 1.98. The molecule has 2 bridgehead atoms. The van der Waals surface area contributed by atoms with Gasteiger partial charge in [-0.2, -0.15) is 5.10 Å². The van der Waals surface area contributed by atoms with Gasteiger partial charge in [-0.3, -0.25) is 4.68 Å². The van der Waals surface area contributed by atoms with Gasteiger partial charge in [0.1, 0.15) is 0 Å². The van der Waals surface area contributed by atoms with Crippen LogP contribution in [0.1, 0.15) is 52.4 Å². The monoisotopic (exact) mass is 278 g/mol. The maximum atomic E-state index is 5.40. The number of ether oxygens (including phenoxy) is 1. The number of hydrogen-bond donors (Lipinski definition) is 0. The molecule has 0 radical (unpaired) electrons. The third-order valence-electron chi connectivity index (χ3n) is 5.54. The highest BCUT2D eigenvalue weighted by molar-refractivity contribution is 4.95. The second kappa shape index (κ2) is 6.75. The fourth-order valence-corrected chi connectivity index (χ4v) is 4.44. The van der Waals surface area contributed by atoms with E-state index in [1.807, 2.05) is 19.4 Å². The van der Waals surface area contributed by atoms with E-state index in [-0.39, 0.29) is 7.43 Å². The lowest BCUT2D eigenvalue weighted by atomic mass is 9.57. The van der Waals surface area contributed by atoms with Gasteiger partial charge in [-0.25, -0.2) is 0 Å². The molecule has 2 aliphatic carbocycles. The quantitative estimate of drug-likeness (QED) is 0.809. The highest BCUT2D eigenvalue weighted by Gasteiger charge is 2.44. The van der Waals surface area contributed by atoms with Gasteiger partial charge >= 0.3 is 0 Å². The summed E-state index contributed by atoms with van der Waals surface area (Å²) >= 11 is 0. The highest BCUT2D eigenvalue weighted by Crippen LogP contribution is 2.52. The zero-order valence-corrected chi connectivity index (χ0v) is 12.1. The first kappa shape index (κ1) is 15.6. The van der Waals surface area contributed by atoms with Gasteiger partial charge in [0.25, 0.3) is 0 Å². The molecule has 1 heterocycles. The Labute approximate surface area is 123 Å². The van der Waals surface area contributed by atoms with Crippen LogP contribution in [0.4, 0.5) is 0 Å². The molecule has 3 unspecified atom stereocenters. The summed E-state index contributed by atoms with van der Waals surface area (Å²) < 4.78 is 7.54. The van der Waals surface area contributed by atoms with Crippen LogP contribution in [-0.2, 0) is 11.3 Å². The van der Waals surface area contributed by atoms with Crippen molar-refractivity contribution < 1.29 is 4.74 Å². The van der Waals surface area contributed by atoms with Gasteiger partial charge in [-0.05, 0) is 55.4 Å². The van der Waals surface area contributed by atoms with Gasteiger partial charge < -0.3 is 4.74 Å². The predicted octanol–water partition coefficient (Wildman–Crippen LogP) is 4.14. The lowest BCUT2D eigenvalue weighted by Crippen LogP contribution is -2.43. The smallest absolute Gasteiger partial charge is 0.0489 e. The number of methoxy groups -OCH3 is 1. The Balaban J connectivity index is 0.00000147. The first-order valence-corrected chi connectivity index (χ1v) is 7.79. The van der Waals surface area contributed by atoms with Crippen molar-refractivity contribution in [2.75, 3.05) is 13.7 Å². The van der Waals surface area contributed by atoms with E-state index in [1.54, 1.807) is 0 Å². The SMILES string of the molecule is C.COCCC1(Cn2cccn2)CCC2CCCC1C2. The van der Waals surface area contributed by atoms with Crippen molar-refractivity contribution in [1.82, 2.24) is 9.78 Å². The van der Waals surface area contributed by atoms with Gasteiger partial charge in [0.05, 0.1) is 0 Å². The Morgan fingerprint density at radius 1 is 1.35 bits per heavy atom. The standard InChI is InChI=1S/C16H26N2O.CH4/c1-19-11-8-16(13-18-10-3-9-17-18)7-6-14-4-2-5-15(16)12-14;/h3,9-10,14-15H,2,4-8,11-13H2,1H3;1H4. The summed E-state index contributed by atoms with van der Waals surface area (Å²) in [4.78, 5) is 0. The number of fused-ring (bicyclic) bond motifs is 2. The zero-order valence-electron chi connectivity index (χ0n) is 12.1. The Hall–Kier alpha value is -0.830. The molecule has 3 atom stereocenters. The van der Waals surface area contributed by atoms with Crippen molar-refractivity contribution in [3.05, 3.63) is 18.5 Å². The molecule has 3 nitrogen and oxygen atoms in total. The second-order valence-electron chi connectivity index (χ2n) is 6.58. The lowest BCUT2D eigenvalue weighted by Gasteiger charge is -2.49. The van der Waals surface area contributed by atoms with Crippen LogP contribution < -0.4 is 0 Å². The maximum absolute atomic E-state index is 5.40. The minimum Gasteiger partial charge on any atom is -0.385 e. The third kappa shape index (κ3) is 3.08. The number of nitrogens with zero attached hydrogens (tertiary/aromatic N) is 2. The number of rotatable bonds is 5. The molecule has 0 spiro atoms. The Morgan fingerprint density at radius 2 is 2.25 bits per heavy atom. The molecule has 3 heteroatoms. The van der Waals surface area contributed by atoms with Gasteiger partial charge in [0.2, 0.25) is 0 Å². The molecule has 20 heavy (non-hydrogen) atoms. The van der Waals surface area contributed by atoms with E-state index in [0.717, 1.165) is 25.0 Å². The van der Waals surface area contributed by atoms with Gasteiger partial charge in [-0.15, -0.1) is 0 Å². The summed E-state index contributed by atoms with van der Waals surface area (Å²) in [5.41, 5.74) is 0.430. The molecule has 0 saturated heterocycles. The zero-order chi connectivity index (χ0) is 13.1. The topological polar surface area (TPSA) is 27.1 Å². The minimum atomic E-state index is 0. The van der Waals surface area contributed by atoms with E-state index in [9.17, 15) is 0 Å². The predicted molar refractivity (Wildman–Crippen MR) is 82.6 cm³/mol. The van der Waals surface area contributed by atoms with E-state index in [2.05, 4.69) is 16.0 Å². The Morgan fingerprint density at radius 3 is 3.00 bits per heavy atom. The first-order chi connectivity index (χ1) is 9.32. The number of aromatic nitrogens is 2. The molecular formula is C17H30N2O. The first-order valence-electron chi connectivity index (χ1n) is 7.79. The van der Waals surface area contributed by atoms with Crippen molar-refractivity contribution in [2.45, 2.75) is 58.9 Å². The van der Waals surface area contributed by atoms with Crippen LogP contribution in [0, 0.1) is 17.3 Å². The minimum absolute atomic E-state index is 0. The van der Waals surface area contributed by atoms with E-state index in [0.29, 0.717) is 5.41 Å². The van der Waals surface area contributed by atoms with Crippen LogP contribution in [0.25, 0.3) is 0 Å². The molecule has 114 valence electrons. The molecule has 2 saturated carbocycles. The van der Waals surface area contributed by atoms with E-state index < -0.39 is 0 Å². The van der Waals surface area contributed by atoms with Crippen molar-refractivity contribution in [3.63, 3.8) is 0 Å². The van der Waals surface area contributed by atoms with Crippen molar-refractivity contribution in [1.29, 1.82) is 0 Å². The summed E-state index contributed by atoms with van der Waals surface area (Å²) in [7, 11) is 1.83. The van der Waals surface area contributed by atoms with Crippen LogP contribution in [0.2, 0.25) is 0 Å². The molecule has 0 N–H and O–H groups in total.